The number of para-hydroxylation sites is 2. The molecule has 2 aromatic heterocycles. The third kappa shape index (κ3) is 3.64. The van der Waals surface area contributed by atoms with Crippen molar-refractivity contribution in [1.82, 2.24) is 25.1 Å². The number of hydrogen-bond donors (Lipinski definition) is 2. The van der Waals surface area contributed by atoms with E-state index in [0.29, 0.717) is 6.42 Å². The van der Waals surface area contributed by atoms with Crippen LogP contribution in [0.15, 0.2) is 73.1 Å². The Balaban J connectivity index is 1.59. The molecule has 4 aromatic rings. The largest absolute Gasteiger partial charge is 0.344 e. The first-order valence-electron chi connectivity index (χ1n) is 8.53. The average Bonchev–Trinajstić information content (AvgIpc) is 3.31. The lowest BCUT2D eigenvalue weighted by Gasteiger charge is -2.17. The molecule has 0 bridgehead atoms. The summed E-state index contributed by atoms with van der Waals surface area (Å²) >= 11 is 0. The second-order valence-electron chi connectivity index (χ2n) is 6.15. The minimum Gasteiger partial charge on any atom is -0.344 e. The lowest BCUT2D eigenvalue weighted by molar-refractivity contribution is -0.122. The van der Waals surface area contributed by atoms with Crippen LogP contribution in [0.5, 0.6) is 0 Å². The summed E-state index contributed by atoms with van der Waals surface area (Å²) in [6.07, 6.45) is 4.09. The van der Waals surface area contributed by atoms with Gasteiger partial charge in [-0.2, -0.15) is 5.10 Å². The number of amides is 1. The normalized spacial score (nSPS) is 12.2. The summed E-state index contributed by atoms with van der Waals surface area (Å²) in [6, 6.07) is 19.5. The number of aromatic nitrogens is 4. The number of fused-ring (bicyclic) bond motifs is 1. The predicted molar refractivity (Wildman–Crippen MR) is 99.4 cm³/mol. The van der Waals surface area contributed by atoms with Gasteiger partial charge >= 0.3 is 0 Å². The number of carbonyl (C=O) groups excluding carboxylic acids is 1. The quantitative estimate of drug-likeness (QED) is 0.564. The molecule has 4 rings (SSSR count). The predicted octanol–water partition coefficient (Wildman–Crippen LogP) is 2.86. The van der Waals surface area contributed by atoms with Gasteiger partial charge in [0.15, 0.2) is 0 Å². The van der Waals surface area contributed by atoms with Gasteiger partial charge in [0.1, 0.15) is 12.4 Å². The molecule has 1 atom stereocenters. The van der Waals surface area contributed by atoms with Crippen LogP contribution in [0.25, 0.3) is 11.0 Å². The van der Waals surface area contributed by atoms with E-state index in [1.807, 2.05) is 42.5 Å². The average molecular weight is 345 g/mol. The summed E-state index contributed by atoms with van der Waals surface area (Å²) in [5, 5.41) is 7.17. The fourth-order valence-corrected chi connectivity index (χ4v) is 2.98. The van der Waals surface area contributed by atoms with Crippen molar-refractivity contribution >= 4 is 16.9 Å². The fraction of sp³-hybridized carbons (Fsp3) is 0.150. The Kier molecular flexibility index (Phi) is 4.47. The molecule has 0 unspecified atom stereocenters. The van der Waals surface area contributed by atoms with E-state index in [1.54, 1.807) is 23.1 Å². The highest BCUT2D eigenvalue weighted by Crippen LogP contribution is 2.20. The SMILES string of the molecule is O=C(Cn1cccn1)N[C@@H](Cc1ccccc1)c1nc2ccccc2[nH]1. The first-order chi connectivity index (χ1) is 12.8. The molecule has 2 heterocycles. The van der Waals surface area contributed by atoms with E-state index in [1.165, 1.54) is 0 Å². The van der Waals surface area contributed by atoms with Crippen LogP contribution in [0.2, 0.25) is 0 Å². The Morgan fingerprint density at radius 1 is 1.08 bits per heavy atom. The molecule has 0 saturated carbocycles. The van der Waals surface area contributed by atoms with E-state index in [2.05, 4.69) is 32.5 Å². The fourth-order valence-electron chi connectivity index (χ4n) is 2.98. The number of benzene rings is 2. The van der Waals surface area contributed by atoms with Gasteiger partial charge in [-0.25, -0.2) is 4.98 Å². The molecule has 0 aliphatic heterocycles. The van der Waals surface area contributed by atoms with Gasteiger partial charge in [-0.3, -0.25) is 9.48 Å². The molecule has 0 fully saturated rings. The second kappa shape index (κ2) is 7.23. The second-order valence-corrected chi connectivity index (χ2v) is 6.15. The van der Waals surface area contributed by atoms with Gasteiger partial charge in [0.05, 0.1) is 17.1 Å². The molecule has 6 nitrogen and oxygen atoms in total. The van der Waals surface area contributed by atoms with Crippen LogP contribution in [0.3, 0.4) is 0 Å². The van der Waals surface area contributed by atoms with Crippen LogP contribution in [0, 0.1) is 0 Å². The number of hydrogen-bond acceptors (Lipinski definition) is 3. The number of carbonyl (C=O) groups is 1. The molecule has 0 aliphatic carbocycles. The number of nitrogens with zero attached hydrogens (tertiary/aromatic N) is 3. The summed E-state index contributed by atoms with van der Waals surface area (Å²) in [7, 11) is 0. The Labute approximate surface area is 150 Å². The van der Waals surface area contributed by atoms with Gasteiger partial charge in [-0.15, -0.1) is 0 Å². The molecular weight excluding hydrogens is 326 g/mol. The monoisotopic (exact) mass is 345 g/mol. The number of H-pyrrole nitrogens is 1. The Morgan fingerprint density at radius 3 is 2.65 bits per heavy atom. The topological polar surface area (TPSA) is 75.6 Å². The van der Waals surface area contributed by atoms with Gasteiger partial charge in [0, 0.05) is 12.4 Å². The number of rotatable bonds is 6. The van der Waals surface area contributed by atoms with Crippen molar-refractivity contribution in [3.63, 3.8) is 0 Å². The third-order valence-corrected chi connectivity index (χ3v) is 4.22. The number of nitrogens with one attached hydrogen (secondary N) is 2. The van der Waals surface area contributed by atoms with E-state index in [4.69, 9.17) is 0 Å². The maximum Gasteiger partial charge on any atom is 0.242 e. The highest BCUT2D eigenvalue weighted by Gasteiger charge is 2.19. The number of aromatic amines is 1. The van der Waals surface area contributed by atoms with Crippen molar-refractivity contribution < 1.29 is 4.79 Å². The smallest absolute Gasteiger partial charge is 0.242 e. The van der Waals surface area contributed by atoms with E-state index in [-0.39, 0.29) is 18.5 Å². The van der Waals surface area contributed by atoms with Crippen molar-refractivity contribution in [2.75, 3.05) is 0 Å². The first-order valence-corrected chi connectivity index (χ1v) is 8.53. The Bertz CT molecular complexity index is 958. The summed E-state index contributed by atoms with van der Waals surface area (Å²) < 4.78 is 1.60. The molecule has 0 saturated heterocycles. The first kappa shape index (κ1) is 16.1. The van der Waals surface area contributed by atoms with E-state index in [0.717, 1.165) is 22.4 Å². The van der Waals surface area contributed by atoms with Crippen LogP contribution in [0.1, 0.15) is 17.4 Å². The van der Waals surface area contributed by atoms with Crippen LogP contribution in [0.4, 0.5) is 0 Å². The zero-order valence-corrected chi connectivity index (χ0v) is 14.2. The lowest BCUT2D eigenvalue weighted by Crippen LogP contribution is -2.33. The molecule has 2 aromatic carbocycles. The third-order valence-electron chi connectivity index (χ3n) is 4.22. The Morgan fingerprint density at radius 2 is 1.88 bits per heavy atom. The lowest BCUT2D eigenvalue weighted by atomic mass is 10.1. The molecular formula is C20H19N5O. The standard InChI is InChI=1S/C20H19N5O/c26-19(14-25-12-6-11-21-25)22-18(13-15-7-2-1-3-8-15)20-23-16-9-4-5-10-17(16)24-20/h1-12,18H,13-14H2,(H,22,26)(H,23,24)/t18-/m0/s1. The minimum absolute atomic E-state index is 0.102. The number of imidazole rings is 1. The molecule has 1 amide bonds. The van der Waals surface area contributed by atoms with E-state index in [9.17, 15) is 4.79 Å². The maximum atomic E-state index is 12.5. The summed E-state index contributed by atoms with van der Waals surface area (Å²) in [4.78, 5) is 20.5. The van der Waals surface area contributed by atoms with Gasteiger partial charge in [-0.1, -0.05) is 42.5 Å². The molecule has 0 spiro atoms. The molecule has 0 aliphatic rings. The molecule has 0 radical (unpaired) electrons. The zero-order valence-electron chi connectivity index (χ0n) is 14.2. The molecule has 2 N–H and O–H groups in total. The van der Waals surface area contributed by atoms with Crippen LogP contribution >= 0.6 is 0 Å². The molecule has 26 heavy (non-hydrogen) atoms. The van der Waals surface area contributed by atoms with Crippen molar-refractivity contribution in [2.45, 2.75) is 19.0 Å². The highest BCUT2D eigenvalue weighted by atomic mass is 16.2. The van der Waals surface area contributed by atoms with Crippen molar-refractivity contribution in [3.8, 4) is 0 Å². The Hall–Kier alpha value is -3.41. The summed E-state index contributed by atoms with van der Waals surface area (Å²) in [5.74, 6) is 0.652. The zero-order chi connectivity index (χ0) is 17.8. The van der Waals surface area contributed by atoms with Crippen molar-refractivity contribution in [2.24, 2.45) is 0 Å². The minimum atomic E-state index is -0.243. The van der Waals surface area contributed by atoms with E-state index >= 15 is 0 Å². The molecule has 6 heteroatoms. The summed E-state index contributed by atoms with van der Waals surface area (Å²) in [6.45, 7) is 0.179. The van der Waals surface area contributed by atoms with Crippen LogP contribution < -0.4 is 5.32 Å². The highest BCUT2D eigenvalue weighted by molar-refractivity contribution is 5.77. The van der Waals surface area contributed by atoms with Crippen LogP contribution in [-0.2, 0) is 17.8 Å². The molecule has 130 valence electrons. The van der Waals surface area contributed by atoms with Crippen molar-refractivity contribution in [3.05, 3.63) is 84.4 Å². The maximum absolute atomic E-state index is 12.5. The van der Waals surface area contributed by atoms with Crippen molar-refractivity contribution in [1.29, 1.82) is 0 Å². The van der Waals surface area contributed by atoms with Gasteiger partial charge in [0.25, 0.3) is 0 Å². The van der Waals surface area contributed by atoms with E-state index < -0.39 is 0 Å². The van der Waals surface area contributed by atoms with Gasteiger partial charge in [-0.05, 0) is 30.2 Å². The van der Waals surface area contributed by atoms with Gasteiger partial charge < -0.3 is 10.3 Å². The summed E-state index contributed by atoms with van der Waals surface area (Å²) in [5.41, 5.74) is 2.99. The van der Waals surface area contributed by atoms with Crippen LogP contribution in [-0.4, -0.2) is 25.7 Å². The van der Waals surface area contributed by atoms with Gasteiger partial charge in [0.2, 0.25) is 5.91 Å².